The SMILES string of the molecule is O=C(NCCc1ccccc1Cl)c1ccc(C2(O)COC2)cc1. The molecule has 3 rings (SSSR count). The van der Waals surface area contributed by atoms with Crippen LogP contribution in [0.15, 0.2) is 48.5 Å². The van der Waals surface area contributed by atoms with Gasteiger partial charge in [-0.3, -0.25) is 4.79 Å². The van der Waals surface area contributed by atoms with E-state index in [0.29, 0.717) is 36.8 Å². The van der Waals surface area contributed by atoms with Gasteiger partial charge < -0.3 is 15.2 Å². The minimum absolute atomic E-state index is 0.138. The highest BCUT2D eigenvalue weighted by molar-refractivity contribution is 6.31. The number of hydrogen-bond donors (Lipinski definition) is 2. The molecule has 1 aliphatic rings. The standard InChI is InChI=1S/C18H18ClNO3/c19-16-4-2-1-3-13(16)9-10-20-17(21)14-5-7-15(8-6-14)18(22)11-23-12-18/h1-8,22H,9-12H2,(H,20,21). The van der Waals surface area contributed by atoms with Crippen LogP contribution in [0.3, 0.4) is 0 Å². The van der Waals surface area contributed by atoms with E-state index in [1.54, 1.807) is 24.3 Å². The van der Waals surface area contributed by atoms with E-state index in [2.05, 4.69) is 5.32 Å². The highest BCUT2D eigenvalue weighted by Crippen LogP contribution is 2.29. The average Bonchev–Trinajstić information content (AvgIpc) is 2.54. The lowest BCUT2D eigenvalue weighted by Crippen LogP contribution is -2.46. The number of halogens is 1. The molecule has 1 fully saturated rings. The first-order valence-electron chi connectivity index (χ1n) is 7.51. The highest BCUT2D eigenvalue weighted by atomic mass is 35.5. The maximum absolute atomic E-state index is 12.1. The summed E-state index contributed by atoms with van der Waals surface area (Å²) in [6.45, 7) is 1.12. The molecule has 0 spiro atoms. The van der Waals surface area contributed by atoms with Crippen LogP contribution in [-0.4, -0.2) is 30.8 Å². The Bertz CT molecular complexity index is 696. The summed E-state index contributed by atoms with van der Waals surface area (Å²) < 4.78 is 5.03. The number of amides is 1. The van der Waals surface area contributed by atoms with Crippen molar-refractivity contribution >= 4 is 17.5 Å². The molecule has 0 aromatic heterocycles. The van der Waals surface area contributed by atoms with Crippen molar-refractivity contribution in [3.05, 3.63) is 70.2 Å². The van der Waals surface area contributed by atoms with E-state index >= 15 is 0 Å². The molecule has 2 aromatic carbocycles. The average molecular weight is 332 g/mol. The largest absolute Gasteiger partial charge is 0.380 e. The summed E-state index contributed by atoms with van der Waals surface area (Å²) in [6.07, 6.45) is 0.681. The van der Waals surface area contributed by atoms with Crippen molar-refractivity contribution < 1.29 is 14.6 Å². The Kier molecular flexibility index (Phi) is 4.66. The minimum atomic E-state index is -0.904. The lowest BCUT2D eigenvalue weighted by molar-refractivity contribution is -0.184. The Morgan fingerprint density at radius 2 is 1.87 bits per heavy atom. The first-order valence-corrected chi connectivity index (χ1v) is 7.88. The fourth-order valence-corrected chi connectivity index (χ4v) is 2.74. The molecule has 4 nitrogen and oxygen atoms in total. The van der Waals surface area contributed by atoms with Crippen LogP contribution in [0.2, 0.25) is 5.02 Å². The minimum Gasteiger partial charge on any atom is -0.380 e. The van der Waals surface area contributed by atoms with E-state index in [1.165, 1.54) is 0 Å². The molecule has 0 atom stereocenters. The molecule has 0 aliphatic carbocycles. The van der Waals surface area contributed by atoms with Crippen molar-refractivity contribution in [3.63, 3.8) is 0 Å². The van der Waals surface area contributed by atoms with Gasteiger partial charge in [-0.05, 0) is 35.7 Å². The number of nitrogens with one attached hydrogen (secondary N) is 1. The van der Waals surface area contributed by atoms with Crippen molar-refractivity contribution in [2.24, 2.45) is 0 Å². The van der Waals surface area contributed by atoms with Crippen LogP contribution in [0.1, 0.15) is 21.5 Å². The molecule has 0 radical (unpaired) electrons. The van der Waals surface area contributed by atoms with Crippen LogP contribution in [0.4, 0.5) is 0 Å². The summed E-state index contributed by atoms with van der Waals surface area (Å²) in [5.74, 6) is -0.138. The number of carbonyl (C=O) groups is 1. The van der Waals surface area contributed by atoms with Crippen molar-refractivity contribution in [2.75, 3.05) is 19.8 Å². The summed E-state index contributed by atoms with van der Waals surface area (Å²) >= 11 is 6.09. The van der Waals surface area contributed by atoms with Crippen molar-refractivity contribution in [2.45, 2.75) is 12.0 Å². The smallest absolute Gasteiger partial charge is 0.251 e. The summed E-state index contributed by atoms with van der Waals surface area (Å²) in [7, 11) is 0. The molecule has 0 bridgehead atoms. The van der Waals surface area contributed by atoms with Gasteiger partial charge >= 0.3 is 0 Å². The number of carbonyl (C=O) groups excluding carboxylic acids is 1. The highest BCUT2D eigenvalue weighted by Gasteiger charge is 2.37. The van der Waals surface area contributed by atoms with E-state index < -0.39 is 5.60 Å². The van der Waals surface area contributed by atoms with Gasteiger partial charge in [-0.1, -0.05) is 41.9 Å². The van der Waals surface area contributed by atoms with E-state index in [1.807, 2.05) is 24.3 Å². The zero-order valence-electron chi connectivity index (χ0n) is 12.6. The molecule has 120 valence electrons. The molecule has 1 heterocycles. The van der Waals surface area contributed by atoms with Gasteiger partial charge in [0.2, 0.25) is 0 Å². The van der Waals surface area contributed by atoms with Gasteiger partial charge in [0, 0.05) is 17.1 Å². The molecule has 1 aliphatic heterocycles. The van der Waals surface area contributed by atoms with Gasteiger partial charge in [-0.15, -0.1) is 0 Å². The molecule has 0 unspecified atom stereocenters. The third kappa shape index (κ3) is 3.55. The normalized spacial score (nSPS) is 15.7. The third-order valence-corrected chi connectivity index (χ3v) is 4.37. The van der Waals surface area contributed by atoms with Crippen LogP contribution in [0, 0.1) is 0 Å². The fourth-order valence-electron chi connectivity index (χ4n) is 2.51. The van der Waals surface area contributed by atoms with E-state index in [-0.39, 0.29) is 5.91 Å². The Hall–Kier alpha value is -1.88. The van der Waals surface area contributed by atoms with Gasteiger partial charge in [0.15, 0.2) is 0 Å². The van der Waals surface area contributed by atoms with E-state index in [9.17, 15) is 9.90 Å². The molecule has 1 saturated heterocycles. The monoisotopic (exact) mass is 331 g/mol. The van der Waals surface area contributed by atoms with E-state index in [0.717, 1.165) is 11.1 Å². The molecule has 23 heavy (non-hydrogen) atoms. The van der Waals surface area contributed by atoms with Crippen LogP contribution in [0.5, 0.6) is 0 Å². The zero-order valence-corrected chi connectivity index (χ0v) is 13.3. The molecule has 5 heteroatoms. The number of hydrogen-bond acceptors (Lipinski definition) is 3. The Morgan fingerprint density at radius 1 is 1.17 bits per heavy atom. The second kappa shape index (κ2) is 6.71. The quantitative estimate of drug-likeness (QED) is 0.885. The third-order valence-electron chi connectivity index (χ3n) is 4.00. The van der Waals surface area contributed by atoms with Gasteiger partial charge in [-0.25, -0.2) is 0 Å². The van der Waals surface area contributed by atoms with Gasteiger partial charge in [-0.2, -0.15) is 0 Å². The van der Waals surface area contributed by atoms with Gasteiger partial charge in [0.05, 0.1) is 13.2 Å². The van der Waals surface area contributed by atoms with Crippen LogP contribution >= 0.6 is 11.6 Å². The van der Waals surface area contributed by atoms with Crippen LogP contribution in [0.25, 0.3) is 0 Å². The van der Waals surface area contributed by atoms with Gasteiger partial charge in [0.25, 0.3) is 5.91 Å². The predicted molar refractivity (Wildman–Crippen MR) is 88.6 cm³/mol. The summed E-state index contributed by atoms with van der Waals surface area (Å²) in [4.78, 5) is 12.1. The molecule has 1 amide bonds. The van der Waals surface area contributed by atoms with Crippen LogP contribution in [-0.2, 0) is 16.8 Å². The second-order valence-electron chi connectivity index (χ2n) is 5.70. The first kappa shape index (κ1) is 16.0. The number of ether oxygens (including phenoxy) is 1. The van der Waals surface area contributed by atoms with Crippen molar-refractivity contribution in [1.82, 2.24) is 5.32 Å². The topological polar surface area (TPSA) is 58.6 Å². The lowest BCUT2D eigenvalue weighted by atomic mass is 9.91. The zero-order chi connectivity index (χ0) is 16.3. The Labute approximate surface area is 140 Å². The maximum Gasteiger partial charge on any atom is 0.251 e. The lowest BCUT2D eigenvalue weighted by Gasteiger charge is -2.36. The Morgan fingerprint density at radius 3 is 2.48 bits per heavy atom. The number of benzene rings is 2. The molecule has 2 N–H and O–H groups in total. The number of aliphatic hydroxyl groups is 1. The second-order valence-corrected chi connectivity index (χ2v) is 6.11. The van der Waals surface area contributed by atoms with E-state index in [4.69, 9.17) is 16.3 Å². The predicted octanol–water partition coefficient (Wildman–Crippen LogP) is 2.53. The fraction of sp³-hybridized carbons (Fsp3) is 0.278. The van der Waals surface area contributed by atoms with Gasteiger partial charge in [0.1, 0.15) is 5.60 Å². The first-order chi connectivity index (χ1) is 11.1. The molecular formula is C18H18ClNO3. The summed E-state index contributed by atoms with van der Waals surface area (Å²) in [5.41, 5.74) is 1.45. The summed E-state index contributed by atoms with van der Waals surface area (Å²) in [6, 6.07) is 14.6. The Balaban J connectivity index is 1.55. The van der Waals surface area contributed by atoms with Crippen molar-refractivity contribution in [1.29, 1.82) is 0 Å². The molecular weight excluding hydrogens is 314 g/mol. The summed E-state index contributed by atoms with van der Waals surface area (Å²) in [5, 5.41) is 13.8. The number of rotatable bonds is 5. The van der Waals surface area contributed by atoms with Crippen LogP contribution < -0.4 is 5.32 Å². The molecule has 0 saturated carbocycles. The maximum atomic E-state index is 12.1. The molecule has 2 aromatic rings. The van der Waals surface area contributed by atoms with Crippen molar-refractivity contribution in [3.8, 4) is 0 Å².